The first kappa shape index (κ1) is 24.3. The Bertz CT molecular complexity index is 871. The van der Waals surface area contributed by atoms with Crippen LogP contribution in [0.15, 0.2) is 48.5 Å². The number of alkyl carbamates (subject to hydrolysis) is 1. The molecule has 6 nitrogen and oxygen atoms in total. The van der Waals surface area contributed by atoms with Crippen LogP contribution < -0.4 is 5.32 Å². The molecule has 1 amide bonds. The highest BCUT2D eigenvalue weighted by Crippen LogP contribution is 2.30. The number of carbonyl (C=O) groups is 2. The summed E-state index contributed by atoms with van der Waals surface area (Å²) in [7, 11) is 0. The van der Waals surface area contributed by atoms with Crippen LogP contribution in [-0.2, 0) is 9.53 Å². The summed E-state index contributed by atoms with van der Waals surface area (Å²) in [6.45, 7) is 3.26. The van der Waals surface area contributed by atoms with Crippen LogP contribution in [0.3, 0.4) is 0 Å². The van der Waals surface area contributed by atoms with Gasteiger partial charge in [0, 0.05) is 0 Å². The highest BCUT2D eigenvalue weighted by molar-refractivity contribution is 5.74. The minimum atomic E-state index is -1.31. The Labute approximate surface area is 182 Å². The van der Waals surface area contributed by atoms with Crippen molar-refractivity contribution in [3.05, 3.63) is 59.9 Å². The van der Waals surface area contributed by atoms with Gasteiger partial charge in [-0.1, -0.05) is 49.7 Å². The molecule has 2 rings (SSSR count). The van der Waals surface area contributed by atoms with Crippen LogP contribution >= 0.6 is 0 Å². The van der Waals surface area contributed by atoms with Crippen molar-refractivity contribution in [2.45, 2.75) is 45.6 Å². The molecule has 0 aliphatic heterocycles. The van der Waals surface area contributed by atoms with Crippen LogP contribution in [0.1, 0.15) is 51.1 Å². The van der Waals surface area contributed by atoms with Gasteiger partial charge in [-0.3, -0.25) is 4.79 Å². The van der Waals surface area contributed by atoms with Crippen molar-refractivity contribution >= 4 is 12.1 Å². The van der Waals surface area contributed by atoms with E-state index in [0.717, 1.165) is 29.5 Å². The molecule has 0 aliphatic rings. The highest BCUT2D eigenvalue weighted by Gasteiger charge is 2.33. The van der Waals surface area contributed by atoms with Gasteiger partial charge in [-0.2, -0.15) is 0 Å². The lowest BCUT2D eigenvalue weighted by Gasteiger charge is -2.26. The number of ether oxygens (including phenoxy) is 1. The van der Waals surface area contributed by atoms with Crippen molar-refractivity contribution in [3.63, 3.8) is 0 Å². The number of amides is 1. The van der Waals surface area contributed by atoms with E-state index in [1.807, 2.05) is 31.2 Å². The Morgan fingerprint density at radius 2 is 1.87 bits per heavy atom. The van der Waals surface area contributed by atoms with Crippen molar-refractivity contribution in [1.82, 2.24) is 5.32 Å². The Morgan fingerprint density at radius 3 is 2.45 bits per heavy atom. The van der Waals surface area contributed by atoms with E-state index in [1.165, 1.54) is 19.1 Å². The smallest absolute Gasteiger partial charge is 0.407 e. The molecule has 7 heteroatoms. The highest BCUT2D eigenvalue weighted by atomic mass is 19.1. The third-order valence-electron chi connectivity index (χ3n) is 5.34. The zero-order chi connectivity index (χ0) is 22.9. The third kappa shape index (κ3) is 7.07. The zero-order valence-corrected chi connectivity index (χ0v) is 17.9. The van der Waals surface area contributed by atoms with Gasteiger partial charge in [-0.15, -0.1) is 0 Å². The fourth-order valence-electron chi connectivity index (χ4n) is 3.11. The van der Waals surface area contributed by atoms with Gasteiger partial charge in [0.2, 0.25) is 0 Å². The number of carboxylic acid groups (broad SMARTS) is 1. The van der Waals surface area contributed by atoms with E-state index in [1.54, 1.807) is 12.1 Å². The number of hydrogen-bond donors (Lipinski definition) is 3. The zero-order valence-electron chi connectivity index (χ0n) is 17.9. The summed E-state index contributed by atoms with van der Waals surface area (Å²) in [6.07, 6.45) is 1.53. The third-order valence-corrected chi connectivity index (χ3v) is 5.34. The molecule has 0 aromatic heterocycles. The number of hydrogen-bond acceptors (Lipinski definition) is 4. The van der Waals surface area contributed by atoms with Crippen molar-refractivity contribution in [3.8, 4) is 11.1 Å². The predicted octanol–water partition coefficient (Wildman–Crippen LogP) is 4.92. The predicted molar refractivity (Wildman–Crippen MR) is 116 cm³/mol. The SMILES string of the molecule is CCCCOC(=O)NC(CCC(C)(CO)C(=O)O)c1ccc(-c2cccc(F)c2)cc1. The Hall–Kier alpha value is -2.93. The van der Waals surface area contributed by atoms with Gasteiger partial charge in [-0.05, 0) is 55.0 Å². The van der Waals surface area contributed by atoms with Crippen molar-refractivity contribution in [1.29, 1.82) is 0 Å². The first-order valence-electron chi connectivity index (χ1n) is 10.4. The second-order valence-electron chi connectivity index (χ2n) is 7.88. The second kappa shape index (κ2) is 11.5. The average molecular weight is 432 g/mol. The monoisotopic (exact) mass is 431 g/mol. The van der Waals surface area contributed by atoms with E-state index in [2.05, 4.69) is 5.32 Å². The number of benzene rings is 2. The lowest BCUT2D eigenvalue weighted by molar-refractivity contribution is -0.150. The number of aliphatic carboxylic acids is 1. The molecule has 0 heterocycles. The van der Waals surface area contributed by atoms with E-state index in [-0.39, 0.29) is 12.2 Å². The van der Waals surface area contributed by atoms with Crippen LogP contribution in [-0.4, -0.2) is 35.5 Å². The molecular formula is C24H30FNO5. The maximum Gasteiger partial charge on any atom is 0.407 e. The molecule has 0 spiro atoms. The number of carboxylic acids is 1. The maximum absolute atomic E-state index is 13.5. The molecule has 2 aromatic rings. The van der Waals surface area contributed by atoms with Gasteiger partial charge in [0.15, 0.2) is 0 Å². The molecule has 31 heavy (non-hydrogen) atoms. The Kier molecular flexibility index (Phi) is 9.00. The van der Waals surface area contributed by atoms with Crippen molar-refractivity contribution < 1.29 is 28.9 Å². The molecule has 0 saturated carbocycles. The van der Waals surface area contributed by atoms with Gasteiger partial charge in [0.25, 0.3) is 0 Å². The first-order valence-corrected chi connectivity index (χ1v) is 10.4. The fraction of sp³-hybridized carbons (Fsp3) is 0.417. The number of nitrogens with one attached hydrogen (secondary N) is 1. The summed E-state index contributed by atoms with van der Waals surface area (Å²) in [5.74, 6) is -1.42. The summed E-state index contributed by atoms with van der Waals surface area (Å²) < 4.78 is 18.7. The van der Waals surface area contributed by atoms with E-state index >= 15 is 0 Å². The van der Waals surface area contributed by atoms with Crippen LogP contribution in [0, 0.1) is 11.2 Å². The van der Waals surface area contributed by atoms with Gasteiger partial charge in [0.1, 0.15) is 5.82 Å². The minimum Gasteiger partial charge on any atom is -0.481 e. The summed E-state index contributed by atoms with van der Waals surface area (Å²) in [5.41, 5.74) is 0.999. The first-order chi connectivity index (χ1) is 14.8. The molecule has 2 aromatic carbocycles. The molecule has 0 radical (unpaired) electrons. The van der Waals surface area contributed by atoms with Gasteiger partial charge >= 0.3 is 12.1 Å². The summed E-state index contributed by atoms with van der Waals surface area (Å²) in [6, 6.07) is 13.0. The lowest BCUT2D eigenvalue weighted by atomic mass is 9.84. The van der Waals surface area contributed by atoms with E-state index in [0.29, 0.717) is 13.0 Å². The molecule has 0 bridgehead atoms. The van der Waals surface area contributed by atoms with E-state index < -0.39 is 30.1 Å². The average Bonchev–Trinajstić information content (AvgIpc) is 2.76. The van der Waals surface area contributed by atoms with Crippen LogP contribution in [0.4, 0.5) is 9.18 Å². The van der Waals surface area contributed by atoms with E-state index in [9.17, 15) is 24.2 Å². The molecule has 0 fully saturated rings. The Balaban J connectivity index is 2.20. The van der Waals surface area contributed by atoms with E-state index in [4.69, 9.17) is 4.74 Å². The summed E-state index contributed by atoms with van der Waals surface area (Å²) >= 11 is 0. The molecule has 2 unspecified atom stereocenters. The molecular weight excluding hydrogens is 401 g/mol. The molecule has 3 N–H and O–H groups in total. The topological polar surface area (TPSA) is 95.9 Å². The second-order valence-corrected chi connectivity index (χ2v) is 7.88. The van der Waals surface area contributed by atoms with Crippen LogP contribution in [0.25, 0.3) is 11.1 Å². The molecule has 0 aliphatic carbocycles. The number of aliphatic hydroxyl groups is 1. The maximum atomic E-state index is 13.5. The summed E-state index contributed by atoms with van der Waals surface area (Å²) in [5, 5.41) is 21.7. The van der Waals surface area contributed by atoms with Crippen LogP contribution in [0.2, 0.25) is 0 Å². The molecule has 2 atom stereocenters. The number of unbranched alkanes of at least 4 members (excludes halogenated alkanes) is 1. The number of halogens is 1. The standard InChI is InChI=1S/C24H30FNO5/c1-3-4-14-31-23(30)26-21(12-13-24(2,16-27)22(28)29)18-10-8-17(9-11-18)19-6-5-7-20(25)15-19/h5-11,15,21,27H,3-4,12-14,16H2,1-2H3,(H,26,30)(H,28,29). The molecule has 0 saturated heterocycles. The quantitative estimate of drug-likeness (QED) is 0.439. The van der Waals surface area contributed by atoms with Gasteiger partial charge in [-0.25, -0.2) is 9.18 Å². The largest absolute Gasteiger partial charge is 0.481 e. The lowest BCUT2D eigenvalue weighted by Crippen LogP contribution is -2.35. The number of aliphatic hydroxyl groups excluding tert-OH is 1. The molecule has 168 valence electrons. The van der Waals surface area contributed by atoms with Crippen molar-refractivity contribution in [2.24, 2.45) is 5.41 Å². The minimum absolute atomic E-state index is 0.157. The normalized spacial score (nSPS) is 13.8. The number of rotatable bonds is 11. The van der Waals surface area contributed by atoms with Crippen molar-refractivity contribution in [2.75, 3.05) is 13.2 Å². The number of carbonyl (C=O) groups excluding carboxylic acids is 1. The summed E-state index contributed by atoms with van der Waals surface area (Å²) in [4.78, 5) is 23.7. The Morgan fingerprint density at radius 1 is 1.16 bits per heavy atom. The van der Waals surface area contributed by atoms with Gasteiger partial charge < -0.3 is 20.3 Å². The fourth-order valence-corrected chi connectivity index (χ4v) is 3.11. The van der Waals surface area contributed by atoms with Gasteiger partial charge in [0.05, 0.1) is 24.7 Å². The van der Waals surface area contributed by atoms with Crippen LogP contribution in [0.5, 0.6) is 0 Å².